The van der Waals surface area contributed by atoms with Gasteiger partial charge < -0.3 is 10.1 Å². The van der Waals surface area contributed by atoms with Crippen molar-refractivity contribution in [3.8, 4) is 5.75 Å². The van der Waals surface area contributed by atoms with Crippen LogP contribution in [-0.2, 0) is 17.9 Å². The third-order valence-corrected chi connectivity index (χ3v) is 5.72. The highest BCUT2D eigenvalue weighted by Gasteiger charge is 2.12. The fourth-order valence-electron chi connectivity index (χ4n) is 3.35. The van der Waals surface area contributed by atoms with E-state index in [1.165, 1.54) is 37.1 Å². The van der Waals surface area contributed by atoms with Gasteiger partial charge in [-0.1, -0.05) is 44.2 Å². The highest BCUT2D eigenvalue weighted by Crippen LogP contribution is 2.28. The Balaban J connectivity index is 1.42. The molecule has 0 spiro atoms. The van der Waals surface area contributed by atoms with Crippen molar-refractivity contribution >= 4 is 21.8 Å². The molecule has 28 heavy (non-hydrogen) atoms. The molecule has 0 aliphatic carbocycles. The van der Waals surface area contributed by atoms with Crippen molar-refractivity contribution in [2.45, 2.75) is 45.7 Å². The van der Waals surface area contributed by atoms with E-state index >= 15 is 0 Å². The lowest BCUT2D eigenvalue weighted by atomic mass is 10.0. The summed E-state index contributed by atoms with van der Waals surface area (Å²) in [5, 5.41) is 2.92. The molecule has 0 atom stereocenters. The van der Waals surface area contributed by atoms with Crippen molar-refractivity contribution in [2.24, 2.45) is 0 Å². The van der Waals surface area contributed by atoms with Crippen LogP contribution < -0.4 is 10.1 Å². The fraction of sp³-hybridized carbons (Fsp3) is 0.435. The van der Waals surface area contributed by atoms with Crippen LogP contribution in [0.2, 0.25) is 0 Å². The van der Waals surface area contributed by atoms with Crippen LogP contribution in [0.4, 0.5) is 0 Å². The second-order valence-corrected chi connectivity index (χ2v) is 8.56. The maximum absolute atomic E-state index is 12.1. The number of nitrogens with zero attached hydrogens (tertiary/aromatic N) is 1. The van der Waals surface area contributed by atoms with Gasteiger partial charge in [-0.3, -0.25) is 9.69 Å². The minimum absolute atomic E-state index is 0.00662. The number of carbonyl (C=O) groups excluding carboxylic acids is 1. The van der Waals surface area contributed by atoms with Gasteiger partial charge in [0.25, 0.3) is 5.91 Å². The first kappa shape index (κ1) is 20.9. The van der Waals surface area contributed by atoms with Crippen LogP contribution in [0, 0.1) is 0 Å². The molecule has 0 saturated carbocycles. The van der Waals surface area contributed by atoms with Crippen LogP contribution in [-0.4, -0.2) is 30.5 Å². The van der Waals surface area contributed by atoms with Gasteiger partial charge in [0.2, 0.25) is 0 Å². The molecule has 150 valence electrons. The van der Waals surface area contributed by atoms with E-state index in [1.807, 2.05) is 18.2 Å². The van der Waals surface area contributed by atoms with Gasteiger partial charge in [-0.15, -0.1) is 0 Å². The van der Waals surface area contributed by atoms with E-state index in [1.54, 1.807) is 0 Å². The Hall–Kier alpha value is -1.85. The monoisotopic (exact) mass is 444 g/mol. The van der Waals surface area contributed by atoms with Gasteiger partial charge in [0.1, 0.15) is 5.75 Å². The zero-order chi connectivity index (χ0) is 19.9. The summed E-state index contributed by atoms with van der Waals surface area (Å²) in [6.07, 6.45) is 2.62. The molecule has 4 nitrogen and oxygen atoms in total. The summed E-state index contributed by atoms with van der Waals surface area (Å²) in [5.41, 5.74) is 3.66. The Morgan fingerprint density at radius 2 is 1.79 bits per heavy atom. The molecular formula is C23H29BrN2O2. The first-order valence-corrected chi connectivity index (χ1v) is 10.8. The van der Waals surface area contributed by atoms with Gasteiger partial charge in [0.15, 0.2) is 6.61 Å². The Bertz CT molecular complexity index is 784. The van der Waals surface area contributed by atoms with Gasteiger partial charge in [-0.2, -0.15) is 0 Å². The van der Waals surface area contributed by atoms with Crippen molar-refractivity contribution in [1.29, 1.82) is 0 Å². The quantitative estimate of drug-likeness (QED) is 0.631. The lowest BCUT2D eigenvalue weighted by Gasteiger charge is -2.15. The summed E-state index contributed by atoms with van der Waals surface area (Å²) in [6.45, 7) is 8.24. The largest absolute Gasteiger partial charge is 0.483 e. The van der Waals surface area contributed by atoms with Crippen LogP contribution in [0.15, 0.2) is 46.9 Å². The van der Waals surface area contributed by atoms with Crippen LogP contribution >= 0.6 is 15.9 Å². The zero-order valence-corrected chi connectivity index (χ0v) is 18.3. The SMILES string of the molecule is CC(C)c1ccc(OCC(=O)NCc2ccc(CN3CCCC3)cc2)c(Br)c1. The van der Waals surface area contributed by atoms with E-state index in [4.69, 9.17) is 4.74 Å². The first-order valence-electron chi connectivity index (χ1n) is 10.0. The highest BCUT2D eigenvalue weighted by molar-refractivity contribution is 9.10. The molecule has 5 heteroatoms. The maximum atomic E-state index is 12.1. The van der Waals surface area contributed by atoms with Crippen LogP contribution in [0.5, 0.6) is 5.75 Å². The lowest BCUT2D eigenvalue weighted by molar-refractivity contribution is -0.123. The van der Waals surface area contributed by atoms with E-state index in [0.29, 0.717) is 18.2 Å². The standard InChI is InChI=1S/C23H29BrN2O2/c1-17(2)20-9-10-22(21(24)13-20)28-16-23(27)25-14-18-5-7-19(8-6-18)15-26-11-3-4-12-26/h5-10,13,17H,3-4,11-12,14-16H2,1-2H3,(H,25,27). The molecule has 0 radical (unpaired) electrons. The average Bonchev–Trinajstić information content (AvgIpc) is 3.19. The van der Waals surface area contributed by atoms with E-state index in [-0.39, 0.29) is 12.5 Å². The molecule has 0 bridgehead atoms. The normalized spacial score (nSPS) is 14.4. The van der Waals surface area contributed by atoms with Gasteiger partial charge >= 0.3 is 0 Å². The van der Waals surface area contributed by atoms with Crippen molar-refractivity contribution in [3.05, 3.63) is 63.6 Å². The number of rotatable bonds is 8. The molecule has 1 heterocycles. The smallest absolute Gasteiger partial charge is 0.258 e. The van der Waals surface area contributed by atoms with E-state index in [0.717, 1.165) is 16.6 Å². The van der Waals surface area contributed by atoms with Crippen LogP contribution in [0.1, 0.15) is 49.3 Å². The van der Waals surface area contributed by atoms with Gasteiger partial charge in [0, 0.05) is 13.1 Å². The van der Waals surface area contributed by atoms with Crippen molar-refractivity contribution in [3.63, 3.8) is 0 Å². The van der Waals surface area contributed by atoms with Gasteiger partial charge in [-0.25, -0.2) is 0 Å². The Morgan fingerprint density at radius 3 is 2.43 bits per heavy atom. The predicted octanol–water partition coefficient (Wildman–Crippen LogP) is 4.86. The molecule has 0 unspecified atom stereocenters. The van der Waals surface area contributed by atoms with E-state index < -0.39 is 0 Å². The molecule has 1 amide bonds. The highest BCUT2D eigenvalue weighted by atomic mass is 79.9. The lowest BCUT2D eigenvalue weighted by Crippen LogP contribution is -2.28. The maximum Gasteiger partial charge on any atom is 0.258 e. The number of amides is 1. The molecule has 1 N–H and O–H groups in total. The number of carbonyl (C=O) groups is 1. The number of benzene rings is 2. The Kier molecular flexibility index (Phi) is 7.51. The van der Waals surface area contributed by atoms with Gasteiger partial charge in [0.05, 0.1) is 4.47 Å². The van der Waals surface area contributed by atoms with Crippen molar-refractivity contribution in [1.82, 2.24) is 10.2 Å². The average molecular weight is 445 g/mol. The molecule has 2 aromatic carbocycles. The summed E-state index contributed by atoms with van der Waals surface area (Å²) >= 11 is 3.52. The zero-order valence-electron chi connectivity index (χ0n) is 16.7. The molecular weight excluding hydrogens is 416 g/mol. The Labute approximate surface area is 176 Å². The van der Waals surface area contributed by atoms with E-state index in [9.17, 15) is 4.79 Å². The minimum Gasteiger partial charge on any atom is -0.483 e. The summed E-state index contributed by atoms with van der Waals surface area (Å²) in [4.78, 5) is 14.6. The van der Waals surface area contributed by atoms with E-state index in [2.05, 4.69) is 64.3 Å². The molecule has 1 saturated heterocycles. The third kappa shape index (κ3) is 6.08. The topological polar surface area (TPSA) is 41.6 Å². The second kappa shape index (κ2) is 10.1. The minimum atomic E-state index is -0.124. The number of hydrogen-bond acceptors (Lipinski definition) is 3. The first-order chi connectivity index (χ1) is 13.5. The molecule has 1 aliphatic heterocycles. The third-order valence-electron chi connectivity index (χ3n) is 5.10. The molecule has 2 aromatic rings. The molecule has 0 aromatic heterocycles. The second-order valence-electron chi connectivity index (χ2n) is 7.71. The molecule has 1 fully saturated rings. The summed E-state index contributed by atoms with van der Waals surface area (Å²) in [6, 6.07) is 14.5. The van der Waals surface area contributed by atoms with Crippen LogP contribution in [0.3, 0.4) is 0 Å². The van der Waals surface area contributed by atoms with Crippen molar-refractivity contribution in [2.75, 3.05) is 19.7 Å². The fourth-order valence-corrected chi connectivity index (χ4v) is 3.86. The summed E-state index contributed by atoms with van der Waals surface area (Å²) in [7, 11) is 0. The number of hydrogen-bond donors (Lipinski definition) is 1. The summed E-state index contributed by atoms with van der Waals surface area (Å²) < 4.78 is 6.53. The van der Waals surface area contributed by atoms with Crippen LogP contribution in [0.25, 0.3) is 0 Å². The van der Waals surface area contributed by atoms with Crippen molar-refractivity contribution < 1.29 is 9.53 Å². The molecule has 1 aliphatic rings. The Morgan fingerprint density at radius 1 is 1.11 bits per heavy atom. The number of halogens is 1. The summed E-state index contributed by atoms with van der Waals surface area (Å²) in [5.74, 6) is 1.02. The van der Waals surface area contributed by atoms with Gasteiger partial charge in [-0.05, 0) is 76.6 Å². The number of ether oxygens (including phenoxy) is 1. The number of likely N-dealkylation sites (tertiary alicyclic amines) is 1. The predicted molar refractivity (Wildman–Crippen MR) is 117 cm³/mol. The number of nitrogens with one attached hydrogen (secondary N) is 1. The molecule has 3 rings (SSSR count).